The fraction of sp³-hybridized carbons (Fsp3) is 0.444. The van der Waals surface area contributed by atoms with Gasteiger partial charge in [-0.05, 0) is 26.0 Å². The van der Waals surface area contributed by atoms with Gasteiger partial charge in [-0.1, -0.05) is 0 Å². The van der Waals surface area contributed by atoms with E-state index in [1.807, 2.05) is 0 Å². The molecule has 5 heteroatoms. The first-order chi connectivity index (χ1) is 6.46. The predicted octanol–water partition coefficient (Wildman–Crippen LogP) is 1.26. The third kappa shape index (κ3) is 2.04. The first-order valence-electron chi connectivity index (χ1n) is 4.34. The van der Waals surface area contributed by atoms with Crippen molar-refractivity contribution >= 4 is 15.7 Å². The SMILES string of the molecule is CC(C)S(=O)(=O)N(C)c1ccncc1. The van der Waals surface area contributed by atoms with Crippen LogP contribution in [0.2, 0.25) is 0 Å². The van der Waals surface area contributed by atoms with Crippen LogP contribution in [0.15, 0.2) is 24.5 Å². The van der Waals surface area contributed by atoms with Crippen LogP contribution in [0.4, 0.5) is 5.69 Å². The minimum atomic E-state index is -3.22. The molecule has 0 amide bonds. The van der Waals surface area contributed by atoms with Crippen LogP contribution in [0.3, 0.4) is 0 Å². The van der Waals surface area contributed by atoms with Gasteiger partial charge < -0.3 is 0 Å². The van der Waals surface area contributed by atoms with E-state index >= 15 is 0 Å². The molecule has 0 aliphatic carbocycles. The first-order valence-corrected chi connectivity index (χ1v) is 5.84. The molecule has 0 bridgehead atoms. The second kappa shape index (κ2) is 3.96. The van der Waals surface area contributed by atoms with Crippen molar-refractivity contribution in [1.29, 1.82) is 0 Å². The lowest BCUT2D eigenvalue weighted by Crippen LogP contribution is -2.32. The van der Waals surface area contributed by atoms with E-state index in [2.05, 4.69) is 4.98 Å². The molecule has 0 spiro atoms. The maximum atomic E-state index is 11.7. The summed E-state index contributed by atoms with van der Waals surface area (Å²) in [7, 11) is -1.68. The summed E-state index contributed by atoms with van der Waals surface area (Å²) >= 11 is 0. The zero-order valence-electron chi connectivity index (χ0n) is 8.51. The van der Waals surface area contributed by atoms with E-state index in [9.17, 15) is 8.42 Å². The van der Waals surface area contributed by atoms with E-state index in [-0.39, 0.29) is 0 Å². The monoisotopic (exact) mass is 214 g/mol. The molecule has 0 saturated heterocycles. The highest BCUT2D eigenvalue weighted by atomic mass is 32.2. The number of aromatic nitrogens is 1. The van der Waals surface area contributed by atoms with Crippen LogP contribution in [0.5, 0.6) is 0 Å². The van der Waals surface area contributed by atoms with Crippen LogP contribution in [-0.2, 0) is 10.0 Å². The number of nitrogens with zero attached hydrogens (tertiary/aromatic N) is 2. The van der Waals surface area contributed by atoms with Crippen LogP contribution in [0, 0.1) is 0 Å². The molecule has 0 aliphatic rings. The summed E-state index contributed by atoms with van der Waals surface area (Å²) in [5.41, 5.74) is 0.633. The van der Waals surface area contributed by atoms with E-state index in [1.54, 1.807) is 45.4 Å². The second-order valence-electron chi connectivity index (χ2n) is 3.27. The van der Waals surface area contributed by atoms with Gasteiger partial charge in [0, 0.05) is 19.4 Å². The van der Waals surface area contributed by atoms with Crippen LogP contribution < -0.4 is 4.31 Å². The molecule has 0 aromatic carbocycles. The Morgan fingerprint density at radius 1 is 1.29 bits per heavy atom. The first kappa shape index (κ1) is 11.0. The van der Waals surface area contributed by atoms with Gasteiger partial charge in [0.25, 0.3) is 0 Å². The van der Waals surface area contributed by atoms with Gasteiger partial charge in [-0.3, -0.25) is 9.29 Å². The van der Waals surface area contributed by atoms with Gasteiger partial charge in [-0.15, -0.1) is 0 Å². The molecule has 1 aromatic heterocycles. The maximum absolute atomic E-state index is 11.7. The number of hydrogen-bond donors (Lipinski definition) is 0. The quantitative estimate of drug-likeness (QED) is 0.761. The molecule has 0 atom stereocenters. The van der Waals surface area contributed by atoms with Crippen LogP contribution in [-0.4, -0.2) is 25.7 Å². The summed E-state index contributed by atoms with van der Waals surface area (Å²) < 4.78 is 24.7. The van der Waals surface area contributed by atoms with Gasteiger partial charge >= 0.3 is 0 Å². The predicted molar refractivity (Wildman–Crippen MR) is 56.7 cm³/mol. The minimum absolute atomic E-state index is 0.416. The number of rotatable bonds is 3. The number of sulfonamides is 1. The van der Waals surface area contributed by atoms with Crippen molar-refractivity contribution in [2.45, 2.75) is 19.1 Å². The summed E-state index contributed by atoms with van der Waals surface area (Å²) in [6, 6.07) is 3.33. The van der Waals surface area contributed by atoms with Crippen molar-refractivity contribution in [1.82, 2.24) is 4.98 Å². The zero-order chi connectivity index (χ0) is 10.8. The summed E-state index contributed by atoms with van der Waals surface area (Å²) in [4.78, 5) is 3.83. The molecule has 1 rings (SSSR count). The molecule has 0 fully saturated rings. The Kier molecular flexibility index (Phi) is 3.10. The van der Waals surface area contributed by atoms with E-state index in [1.165, 1.54) is 4.31 Å². The Balaban J connectivity index is 3.03. The van der Waals surface area contributed by atoms with Crippen molar-refractivity contribution in [2.24, 2.45) is 0 Å². The number of hydrogen-bond acceptors (Lipinski definition) is 3. The Hall–Kier alpha value is -1.10. The van der Waals surface area contributed by atoms with Crippen LogP contribution >= 0.6 is 0 Å². The van der Waals surface area contributed by atoms with Gasteiger partial charge in [-0.25, -0.2) is 8.42 Å². The largest absolute Gasteiger partial charge is 0.273 e. The van der Waals surface area contributed by atoms with Crippen LogP contribution in [0.1, 0.15) is 13.8 Å². The van der Waals surface area contributed by atoms with E-state index in [0.717, 1.165) is 0 Å². The van der Waals surface area contributed by atoms with Crippen molar-refractivity contribution in [2.75, 3.05) is 11.4 Å². The van der Waals surface area contributed by atoms with Gasteiger partial charge in [-0.2, -0.15) is 0 Å². The van der Waals surface area contributed by atoms with Gasteiger partial charge in [0.15, 0.2) is 0 Å². The Bertz CT molecular complexity index is 387. The Morgan fingerprint density at radius 3 is 2.21 bits per heavy atom. The van der Waals surface area contributed by atoms with E-state index < -0.39 is 15.3 Å². The van der Waals surface area contributed by atoms with Crippen molar-refractivity contribution in [3.63, 3.8) is 0 Å². The number of pyridine rings is 1. The molecule has 0 aliphatic heterocycles. The van der Waals surface area contributed by atoms with Crippen molar-refractivity contribution in [3.8, 4) is 0 Å². The summed E-state index contributed by atoms with van der Waals surface area (Å²) in [5.74, 6) is 0. The molecular formula is C9H14N2O2S. The lowest BCUT2D eigenvalue weighted by molar-refractivity contribution is 0.585. The average molecular weight is 214 g/mol. The molecular weight excluding hydrogens is 200 g/mol. The smallest absolute Gasteiger partial charge is 0.237 e. The standard InChI is InChI=1S/C9H14N2O2S/c1-8(2)14(12,13)11(3)9-4-6-10-7-5-9/h4-8H,1-3H3. The Labute approximate surface area is 84.6 Å². The molecule has 1 aromatic rings. The van der Waals surface area contributed by atoms with Crippen molar-refractivity contribution in [3.05, 3.63) is 24.5 Å². The second-order valence-corrected chi connectivity index (χ2v) is 5.79. The van der Waals surface area contributed by atoms with E-state index in [0.29, 0.717) is 5.69 Å². The fourth-order valence-corrected chi connectivity index (χ4v) is 2.07. The molecule has 78 valence electrons. The molecule has 0 N–H and O–H groups in total. The summed E-state index contributed by atoms with van der Waals surface area (Å²) in [6.07, 6.45) is 3.14. The lowest BCUT2D eigenvalue weighted by Gasteiger charge is -2.21. The lowest BCUT2D eigenvalue weighted by atomic mass is 10.4. The zero-order valence-corrected chi connectivity index (χ0v) is 9.32. The topological polar surface area (TPSA) is 50.3 Å². The summed E-state index contributed by atoms with van der Waals surface area (Å²) in [5, 5.41) is -0.416. The molecule has 0 unspecified atom stereocenters. The highest BCUT2D eigenvalue weighted by Gasteiger charge is 2.22. The average Bonchev–Trinajstić information content (AvgIpc) is 2.17. The maximum Gasteiger partial charge on any atom is 0.237 e. The van der Waals surface area contributed by atoms with Gasteiger partial charge in [0.2, 0.25) is 10.0 Å². The normalized spacial score (nSPS) is 11.7. The molecule has 14 heavy (non-hydrogen) atoms. The highest BCUT2D eigenvalue weighted by molar-refractivity contribution is 7.93. The molecule has 1 heterocycles. The molecule has 0 saturated carbocycles. The molecule has 0 radical (unpaired) electrons. The number of anilines is 1. The fourth-order valence-electron chi connectivity index (χ4n) is 1.02. The minimum Gasteiger partial charge on any atom is -0.273 e. The molecule has 4 nitrogen and oxygen atoms in total. The Morgan fingerprint density at radius 2 is 1.79 bits per heavy atom. The van der Waals surface area contributed by atoms with Gasteiger partial charge in [0.05, 0.1) is 10.9 Å². The third-order valence-corrected chi connectivity index (χ3v) is 4.17. The highest BCUT2D eigenvalue weighted by Crippen LogP contribution is 2.16. The third-order valence-electron chi connectivity index (χ3n) is 2.00. The van der Waals surface area contributed by atoms with Crippen LogP contribution in [0.25, 0.3) is 0 Å². The van der Waals surface area contributed by atoms with Gasteiger partial charge in [0.1, 0.15) is 0 Å². The summed E-state index contributed by atoms with van der Waals surface area (Å²) in [6.45, 7) is 3.32. The van der Waals surface area contributed by atoms with Crippen molar-refractivity contribution < 1.29 is 8.42 Å². The van der Waals surface area contributed by atoms with E-state index in [4.69, 9.17) is 0 Å².